The van der Waals surface area contributed by atoms with Gasteiger partial charge in [-0.25, -0.2) is 0 Å². The Morgan fingerprint density at radius 2 is 1.75 bits per heavy atom. The first kappa shape index (κ1) is 16.3. The first-order valence-electron chi connectivity index (χ1n) is 8.97. The van der Waals surface area contributed by atoms with Gasteiger partial charge >= 0.3 is 0 Å². The van der Waals surface area contributed by atoms with E-state index in [-0.39, 0.29) is 0 Å². The maximum Gasteiger partial charge on any atom is 0.0110 e. The van der Waals surface area contributed by atoms with E-state index in [9.17, 15) is 0 Å². The molecule has 1 saturated heterocycles. The van der Waals surface area contributed by atoms with E-state index in [1.54, 1.807) is 0 Å². The minimum atomic E-state index is 0.405. The summed E-state index contributed by atoms with van der Waals surface area (Å²) >= 11 is 0. The van der Waals surface area contributed by atoms with E-state index in [0.29, 0.717) is 5.41 Å². The molecular formula is C18H36N2. The summed E-state index contributed by atoms with van der Waals surface area (Å²) < 4.78 is 0. The zero-order chi connectivity index (χ0) is 14.6. The zero-order valence-electron chi connectivity index (χ0n) is 14.2. The van der Waals surface area contributed by atoms with E-state index < -0.39 is 0 Å². The summed E-state index contributed by atoms with van der Waals surface area (Å²) in [7, 11) is 0. The average Bonchev–Trinajstić information content (AvgIpc) is 2.46. The molecule has 20 heavy (non-hydrogen) atoms. The summed E-state index contributed by atoms with van der Waals surface area (Å²) in [6, 6.07) is 1.53. The van der Waals surface area contributed by atoms with Crippen LogP contribution in [-0.4, -0.2) is 25.2 Å². The normalized spacial score (nSPS) is 32.5. The second kappa shape index (κ2) is 7.26. The van der Waals surface area contributed by atoms with Crippen molar-refractivity contribution in [2.24, 2.45) is 17.3 Å². The Balaban J connectivity index is 1.89. The van der Waals surface area contributed by atoms with E-state index in [1.807, 2.05) is 0 Å². The number of hydrogen-bond acceptors (Lipinski definition) is 2. The lowest BCUT2D eigenvalue weighted by molar-refractivity contribution is 0.154. The largest absolute Gasteiger partial charge is 0.314 e. The summed E-state index contributed by atoms with van der Waals surface area (Å²) in [5, 5.41) is 7.75. The molecule has 3 atom stereocenters. The highest BCUT2D eigenvalue weighted by Crippen LogP contribution is 2.32. The Bertz CT molecular complexity index is 279. The molecule has 0 aromatic heterocycles. The van der Waals surface area contributed by atoms with Crippen LogP contribution in [0.2, 0.25) is 0 Å². The van der Waals surface area contributed by atoms with E-state index in [2.05, 4.69) is 38.3 Å². The van der Waals surface area contributed by atoms with Crippen molar-refractivity contribution in [1.29, 1.82) is 0 Å². The van der Waals surface area contributed by atoms with Crippen LogP contribution >= 0.6 is 0 Å². The van der Waals surface area contributed by atoms with Gasteiger partial charge in [0.25, 0.3) is 0 Å². The van der Waals surface area contributed by atoms with Gasteiger partial charge in [-0.15, -0.1) is 0 Å². The van der Waals surface area contributed by atoms with Crippen molar-refractivity contribution in [1.82, 2.24) is 10.6 Å². The first-order chi connectivity index (χ1) is 9.50. The summed E-state index contributed by atoms with van der Waals surface area (Å²) in [5.74, 6) is 1.61. The predicted octanol–water partition coefficient (Wildman–Crippen LogP) is 3.96. The Hall–Kier alpha value is -0.0800. The summed E-state index contributed by atoms with van der Waals surface area (Å²) in [6.07, 6.45) is 9.88. The molecule has 0 amide bonds. The van der Waals surface area contributed by atoms with Crippen molar-refractivity contribution >= 4 is 0 Å². The molecule has 0 aromatic carbocycles. The number of nitrogens with one attached hydrogen (secondary N) is 2. The van der Waals surface area contributed by atoms with Gasteiger partial charge in [0.1, 0.15) is 0 Å². The van der Waals surface area contributed by atoms with Crippen LogP contribution in [0.15, 0.2) is 0 Å². The number of rotatable bonds is 5. The SMILES string of the molecule is CC(C)C(C)(C)CNC1CCCCC1C1CCCCN1. The lowest BCUT2D eigenvalue weighted by atomic mass is 9.76. The van der Waals surface area contributed by atoms with Crippen LogP contribution in [0.5, 0.6) is 0 Å². The lowest BCUT2D eigenvalue weighted by Gasteiger charge is -2.41. The van der Waals surface area contributed by atoms with E-state index in [1.165, 1.54) is 58.0 Å². The molecule has 1 heterocycles. The van der Waals surface area contributed by atoms with Crippen molar-refractivity contribution < 1.29 is 0 Å². The maximum atomic E-state index is 3.95. The summed E-state index contributed by atoms with van der Waals surface area (Å²) in [6.45, 7) is 11.9. The molecule has 2 N–H and O–H groups in total. The minimum Gasteiger partial charge on any atom is -0.314 e. The van der Waals surface area contributed by atoms with Crippen molar-refractivity contribution in [2.75, 3.05) is 13.1 Å². The van der Waals surface area contributed by atoms with E-state index in [4.69, 9.17) is 0 Å². The fourth-order valence-electron chi connectivity index (χ4n) is 3.74. The average molecular weight is 280 g/mol. The van der Waals surface area contributed by atoms with Gasteiger partial charge in [0.15, 0.2) is 0 Å². The molecule has 2 rings (SSSR count). The van der Waals surface area contributed by atoms with Gasteiger partial charge in [0.2, 0.25) is 0 Å². The Labute approximate surface area is 126 Å². The number of piperidine rings is 1. The highest BCUT2D eigenvalue weighted by Gasteiger charge is 2.33. The van der Waals surface area contributed by atoms with Crippen molar-refractivity contribution in [3.05, 3.63) is 0 Å². The Morgan fingerprint density at radius 3 is 2.40 bits per heavy atom. The Kier molecular flexibility index (Phi) is 5.92. The van der Waals surface area contributed by atoms with Crippen LogP contribution in [-0.2, 0) is 0 Å². The standard InChI is InChI=1S/C18H36N2/c1-14(2)18(3,4)13-20-17-10-6-5-9-15(17)16-11-7-8-12-19-16/h14-17,19-20H,5-13H2,1-4H3. The minimum absolute atomic E-state index is 0.405. The molecular weight excluding hydrogens is 244 g/mol. The van der Waals surface area contributed by atoms with E-state index in [0.717, 1.165) is 23.9 Å². The van der Waals surface area contributed by atoms with Crippen LogP contribution in [0.1, 0.15) is 72.6 Å². The first-order valence-corrected chi connectivity index (χ1v) is 8.97. The molecule has 1 saturated carbocycles. The molecule has 0 radical (unpaired) electrons. The predicted molar refractivity (Wildman–Crippen MR) is 88.0 cm³/mol. The molecule has 118 valence electrons. The maximum absolute atomic E-state index is 3.95. The molecule has 1 aliphatic carbocycles. The fraction of sp³-hybridized carbons (Fsp3) is 1.00. The van der Waals surface area contributed by atoms with E-state index >= 15 is 0 Å². The van der Waals surface area contributed by atoms with Gasteiger partial charge in [0.05, 0.1) is 0 Å². The van der Waals surface area contributed by atoms with Gasteiger partial charge in [-0.1, -0.05) is 47.0 Å². The van der Waals surface area contributed by atoms with Gasteiger partial charge in [-0.05, 0) is 49.5 Å². The van der Waals surface area contributed by atoms with Crippen LogP contribution in [0, 0.1) is 17.3 Å². The summed E-state index contributed by atoms with van der Waals surface area (Å²) in [4.78, 5) is 0. The molecule has 2 aliphatic rings. The molecule has 0 bridgehead atoms. The van der Waals surface area contributed by atoms with Crippen molar-refractivity contribution in [3.63, 3.8) is 0 Å². The topological polar surface area (TPSA) is 24.1 Å². The van der Waals surface area contributed by atoms with Crippen LogP contribution in [0.25, 0.3) is 0 Å². The smallest absolute Gasteiger partial charge is 0.0110 e. The second-order valence-electron chi connectivity index (χ2n) is 8.14. The van der Waals surface area contributed by atoms with Gasteiger partial charge in [0, 0.05) is 18.6 Å². The third-order valence-electron chi connectivity index (χ3n) is 6.07. The molecule has 0 spiro atoms. The third-order valence-corrected chi connectivity index (χ3v) is 6.07. The monoisotopic (exact) mass is 280 g/mol. The Morgan fingerprint density at radius 1 is 1.05 bits per heavy atom. The van der Waals surface area contributed by atoms with Crippen LogP contribution in [0.3, 0.4) is 0 Å². The lowest BCUT2D eigenvalue weighted by Crippen LogP contribution is -2.52. The van der Waals surface area contributed by atoms with Gasteiger partial charge in [-0.2, -0.15) is 0 Å². The van der Waals surface area contributed by atoms with Crippen LogP contribution < -0.4 is 10.6 Å². The van der Waals surface area contributed by atoms with Gasteiger partial charge < -0.3 is 10.6 Å². The fourth-order valence-corrected chi connectivity index (χ4v) is 3.74. The molecule has 1 aliphatic heterocycles. The zero-order valence-corrected chi connectivity index (χ0v) is 14.2. The molecule has 0 aromatic rings. The molecule has 3 unspecified atom stereocenters. The second-order valence-corrected chi connectivity index (χ2v) is 8.14. The summed E-state index contributed by atoms with van der Waals surface area (Å²) in [5.41, 5.74) is 0.405. The van der Waals surface area contributed by atoms with Crippen LogP contribution in [0.4, 0.5) is 0 Å². The van der Waals surface area contributed by atoms with Crippen molar-refractivity contribution in [2.45, 2.75) is 84.7 Å². The molecule has 2 fully saturated rings. The molecule has 2 nitrogen and oxygen atoms in total. The molecule has 2 heteroatoms. The highest BCUT2D eigenvalue weighted by molar-refractivity contribution is 4.91. The number of hydrogen-bond donors (Lipinski definition) is 2. The third kappa shape index (κ3) is 4.21. The van der Waals surface area contributed by atoms with Crippen molar-refractivity contribution in [3.8, 4) is 0 Å². The quantitative estimate of drug-likeness (QED) is 0.796. The van der Waals surface area contributed by atoms with Gasteiger partial charge in [-0.3, -0.25) is 0 Å². The highest BCUT2D eigenvalue weighted by atomic mass is 15.0.